The summed E-state index contributed by atoms with van der Waals surface area (Å²) in [6.45, 7) is 2.17. The Morgan fingerprint density at radius 3 is 2.50 bits per heavy atom. The number of rotatable bonds is 5. The van der Waals surface area contributed by atoms with E-state index in [4.69, 9.17) is 5.73 Å². The van der Waals surface area contributed by atoms with Crippen molar-refractivity contribution in [1.29, 1.82) is 0 Å². The lowest BCUT2D eigenvalue weighted by Crippen LogP contribution is -2.34. The molecule has 3 amide bonds. The molecular weight excluding hydrogens is 258 g/mol. The number of hydrogen-bond acceptors (Lipinski definition) is 4. The third-order valence-corrected chi connectivity index (χ3v) is 3.23. The normalized spacial score (nSPS) is 18.4. The number of carbonyl (C=O) groups excluding carboxylic acids is 3. The number of nitrogens with one attached hydrogen (secondary N) is 1. The van der Waals surface area contributed by atoms with Gasteiger partial charge in [-0.1, -0.05) is 12.1 Å². The summed E-state index contributed by atoms with van der Waals surface area (Å²) in [5.41, 5.74) is 6.67. The maximum atomic E-state index is 11.9. The van der Waals surface area contributed by atoms with E-state index in [0.29, 0.717) is 6.54 Å². The fourth-order valence-electron chi connectivity index (χ4n) is 2.25. The van der Waals surface area contributed by atoms with E-state index >= 15 is 0 Å². The summed E-state index contributed by atoms with van der Waals surface area (Å²) in [5.74, 6) is -0.736. The number of nitrogens with two attached hydrogens (primary N) is 1. The second kappa shape index (κ2) is 5.73. The zero-order chi connectivity index (χ0) is 14.7. The maximum absolute atomic E-state index is 11.9. The maximum Gasteiger partial charge on any atom is 0.252 e. The van der Waals surface area contributed by atoms with E-state index in [9.17, 15) is 14.4 Å². The molecule has 1 fully saturated rings. The van der Waals surface area contributed by atoms with Gasteiger partial charge in [0.15, 0.2) is 0 Å². The van der Waals surface area contributed by atoms with Gasteiger partial charge in [-0.25, -0.2) is 0 Å². The van der Waals surface area contributed by atoms with Crippen molar-refractivity contribution in [3.8, 4) is 0 Å². The van der Waals surface area contributed by atoms with Crippen molar-refractivity contribution in [2.45, 2.75) is 25.8 Å². The molecule has 6 nitrogen and oxygen atoms in total. The van der Waals surface area contributed by atoms with Gasteiger partial charge in [-0.3, -0.25) is 19.3 Å². The molecule has 1 aromatic carbocycles. The van der Waals surface area contributed by atoms with Crippen LogP contribution >= 0.6 is 0 Å². The monoisotopic (exact) mass is 275 g/mol. The van der Waals surface area contributed by atoms with E-state index in [-0.39, 0.29) is 30.6 Å². The first-order valence-electron chi connectivity index (χ1n) is 6.49. The third kappa shape index (κ3) is 2.96. The van der Waals surface area contributed by atoms with E-state index in [1.54, 1.807) is 31.2 Å². The second-order valence-corrected chi connectivity index (χ2v) is 4.72. The van der Waals surface area contributed by atoms with Crippen LogP contribution in [0.5, 0.6) is 0 Å². The molecule has 0 bridgehead atoms. The van der Waals surface area contributed by atoms with Crippen LogP contribution in [0.15, 0.2) is 24.3 Å². The average Bonchev–Trinajstić information content (AvgIpc) is 2.66. The molecule has 1 heterocycles. The summed E-state index contributed by atoms with van der Waals surface area (Å²) in [7, 11) is 0. The van der Waals surface area contributed by atoms with Gasteiger partial charge in [0.2, 0.25) is 11.8 Å². The average molecular weight is 275 g/mol. The van der Waals surface area contributed by atoms with Crippen molar-refractivity contribution >= 4 is 23.4 Å². The third-order valence-electron chi connectivity index (χ3n) is 3.23. The molecule has 0 aromatic heterocycles. The fraction of sp³-hybridized carbons (Fsp3) is 0.357. The summed E-state index contributed by atoms with van der Waals surface area (Å²) < 4.78 is 0. The number of imide groups is 1. The largest absolute Gasteiger partial charge is 0.373 e. The van der Waals surface area contributed by atoms with Crippen LogP contribution < -0.4 is 11.1 Å². The van der Waals surface area contributed by atoms with Gasteiger partial charge in [0.25, 0.3) is 5.91 Å². The molecule has 20 heavy (non-hydrogen) atoms. The number of primary amides is 1. The number of likely N-dealkylation sites (N-methyl/N-ethyl adjacent to an activating group) is 1. The summed E-state index contributed by atoms with van der Waals surface area (Å²) in [4.78, 5) is 35.6. The SMILES string of the molecule is CCN1C(=O)C[C@@H](Nc2ccc(CC(N)=O)cc2)C1=O. The Morgan fingerprint density at radius 1 is 1.35 bits per heavy atom. The molecule has 6 heteroatoms. The Hall–Kier alpha value is -2.37. The summed E-state index contributed by atoms with van der Waals surface area (Å²) in [6, 6.07) is 6.57. The van der Waals surface area contributed by atoms with Crippen LogP contribution in [0.3, 0.4) is 0 Å². The summed E-state index contributed by atoms with van der Waals surface area (Å²) >= 11 is 0. The lowest BCUT2D eigenvalue weighted by Gasteiger charge is -2.14. The molecule has 1 aliphatic heterocycles. The first-order valence-corrected chi connectivity index (χ1v) is 6.49. The van der Waals surface area contributed by atoms with E-state index < -0.39 is 6.04 Å². The molecule has 0 saturated carbocycles. The molecule has 1 atom stereocenters. The van der Waals surface area contributed by atoms with Gasteiger partial charge in [-0.2, -0.15) is 0 Å². The summed E-state index contributed by atoms with van der Waals surface area (Å²) in [6.07, 6.45) is 0.362. The van der Waals surface area contributed by atoms with Gasteiger partial charge in [-0.05, 0) is 24.6 Å². The van der Waals surface area contributed by atoms with Crippen molar-refractivity contribution in [3.63, 3.8) is 0 Å². The molecule has 0 unspecified atom stereocenters. The van der Waals surface area contributed by atoms with Crippen LogP contribution in [0.4, 0.5) is 5.69 Å². The van der Waals surface area contributed by atoms with E-state index in [2.05, 4.69) is 5.32 Å². The van der Waals surface area contributed by atoms with Gasteiger partial charge >= 0.3 is 0 Å². The zero-order valence-electron chi connectivity index (χ0n) is 11.3. The van der Waals surface area contributed by atoms with Crippen molar-refractivity contribution in [1.82, 2.24) is 4.90 Å². The number of carbonyl (C=O) groups is 3. The molecule has 1 aliphatic rings. The van der Waals surface area contributed by atoms with Crippen LogP contribution in [-0.2, 0) is 20.8 Å². The highest BCUT2D eigenvalue weighted by atomic mass is 16.2. The van der Waals surface area contributed by atoms with E-state index in [0.717, 1.165) is 11.3 Å². The molecule has 0 radical (unpaired) electrons. The quantitative estimate of drug-likeness (QED) is 0.755. The van der Waals surface area contributed by atoms with Crippen LogP contribution in [0, 0.1) is 0 Å². The lowest BCUT2D eigenvalue weighted by atomic mass is 10.1. The minimum absolute atomic E-state index is 0.152. The molecule has 1 saturated heterocycles. The van der Waals surface area contributed by atoms with Crippen molar-refractivity contribution < 1.29 is 14.4 Å². The number of amides is 3. The first-order chi connectivity index (χ1) is 9.51. The zero-order valence-corrected chi connectivity index (χ0v) is 11.3. The molecule has 3 N–H and O–H groups in total. The molecule has 2 rings (SSSR count). The smallest absolute Gasteiger partial charge is 0.252 e. The highest BCUT2D eigenvalue weighted by Crippen LogP contribution is 2.18. The Morgan fingerprint density at radius 2 is 2.00 bits per heavy atom. The Bertz CT molecular complexity index is 539. The van der Waals surface area contributed by atoms with Gasteiger partial charge in [0.1, 0.15) is 6.04 Å². The molecule has 0 aliphatic carbocycles. The van der Waals surface area contributed by atoms with Gasteiger partial charge in [-0.15, -0.1) is 0 Å². The van der Waals surface area contributed by atoms with E-state index in [1.807, 2.05) is 0 Å². The number of nitrogens with zero attached hydrogens (tertiary/aromatic N) is 1. The minimum atomic E-state index is -0.510. The highest BCUT2D eigenvalue weighted by Gasteiger charge is 2.37. The highest BCUT2D eigenvalue weighted by molar-refractivity contribution is 6.06. The lowest BCUT2D eigenvalue weighted by molar-refractivity contribution is -0.138. The number of hydrogen-bond donors (Lipinski definition) is 2. The van der Waals surface area contributed by atoms with Crippen molar-refractivity contribution in [2.24, 2.45) is 5.73 Å². The predicted molar refractivity (Wildman–Crippen MR) is 73.8 cm³/mol. The number of likely N-dealkylation sites (tertiary alicyclic amines) is 1. The summed E-state index contributed by atoms with van der Waals surface area (Å²) in [5, 5.41) is 3.04. The first kappa shape index (κ1) is 14.0. The Balaban J connectivity index is 2.02. The molecule has 1 aromatic rings. The van der Waals surface area contributed by atoms with Gasteiger partial charge in [0, 0.05) is 12.2 Å². The number of benzene rings is 1. The Labute approximate surface area is 116 Å². The van der Waals surface area contributed by atoms with Crippen LogP contribution in [-0.4, -0.2) is 35.2 Å². The van der Waals surface area contributed by atoms with Crippen LogP contribution in [0.2, 0.25) is 0 Å². The molecule has 0 spiro atoms. The minimum Gasteiger partial charge on any atom is -0.373 e. The molecule has 106 valence electrons. The van der Waals surface area contributed by atoms with Crippen LogP contribution in [0.1, 0.15) is 18.9 Å². The van der Waals surface area contributed by atoms with Gasteiger partial charge in [0.05, 0.1) is 12.8 Å². The fourth-order valence-corrected chi connectivity index (χ4v) is 2.25. The van der Waals surface area contributed by atoms with Crippen molar-refractivity contribution in [3.05, 3.63) is 29.8 Å². The van der Waals surface area contributed by atoms with Crippen LogP contribution in [0.25, 0.3) is 0 Å². The standard InChI is InChI=1S/C14H17N3O3/c1-2-17-13(19)8-11(14(17)20)16-10-5-3-9(4-6-10)7-12(15)18/h3-6,11,16H,2,7-8H2,1H3,(H2,15,18)/t11-/m1/s1. The predicted octanol–water partition coefficient (Wildman–Crippen LogP) is 0.274. The number of anilines is 1. The van der Waals surface area contributed by atoms with Crippen molar-refractivity contribution in [2.75, 3.05) is 11.9 Å². The topological polar surface area (TPSA) is 92.5 Å². The molecular formula is C14H17N3O3. The second-order valence-electron chi connectivity index (χ2n) is 4.72. The Kier molecular flexibility index (Phi) is 4.02. The van der Waals surface area contributed by atoms with E-state index in [1.165, 1.54) is 4.90 Å². The van der Waals surface area contributed by atoms with Gasteiger partial charge < -0.3 is 11.1 Å².